The minimum atomic E-state index is -0.628. The molecule has 0 amide bonds. The lowest BCUT2D eigenvalue weighted by atomic mass is 9.92. The minimum Gasteiger partial charge on any atom is -0.487 e. The van der Waals surface area contributed by atoms with Crippen LogP contribution in [0.25, 0.3) is 0 Å². The minimum absolute atomic E-state index is 0.0940. The average molecular weight is 295 g/mol. The molecule has 1 atom stereocenters. The molecule has 6 nitrogen and oxygen atoms in total. The van der Waals surface area contributed by atoms with Crippen molar-refractivity contribution in [3.8, 4) is 11.8 Å². The molecule has 0 bridgehead atoms. The fourth-order valence-electron chi connectivity index (χ4n) is 1.98. The van der Waals surface area contributed by atoms with Crippen molar-refractivity contribution < 1.29 is 14.1 Å². The van der Waals surface area contributed by atoms with Crippen LogP contribution >= 0.6 is 0 Å². The molecule has 0 saturated heterocycles. The summed E-state index contributed by atoms with van der Waals surface area (Å²) in [6.07, 6.45) is 1.70. The Hall–Kier alpha value is -2.20. The zero-order chi connectivity index (χ0) is 15.9. The van der Waals surface area contributed by atoms with Crippen LogP contribution in [0.3, 0.4) is 0 Å². The van der Waals surface area contributed by atoms with Crippen molar-refractivity contribution in [3.63, 3.8) is 0 Å². The Morgan fingerprint density at radius 2 is 2.29 bits per heavy atom. The molecule has 0 aliphatic rings. The van der Waals surface area contributed by atoms with Crippen molar-refractivity contribution >= 4 is 5.69 Å². The van der Waals surface area contributed by atoms with E-state index in [1.807, 2.05) is 6.92 Å². The summed E-state index contributed by atoms with van der Waals surface area (Å²) in [5, 5.41) is 22.9. The Labute approximate surface area is 122 Å². The first-order valence-corrected chi connectivity index (χ1v) is 6.65. The molecule has 0 aliphatic heterocycles. The average Bonchev–Trinajstić information content (AvgIpc) is 2.48. The van der Waals surface area contributed by atoms with Crippen LogP contribution < -0.4 is 10.1 Å². The Morgan fingerprint density at radius 1 is 1.57 bits per heavy atom. The lowest BCUT2D eigenvalue weighted by molar-refractivity contribution is -0.385. The second-order valence-electron chi connectivity index (χ2n) is 4.62. The Bertz CT molecular complexity index is 539. The first kappa shape index (κ1) is 16.9. The predicted octanol–water partition coefficient (Wildman–Crippen LogP) is 2.78. The highest BCUT2D eigenvalue weighted by Crippen LogP contribution is 2.28. The molecule has 0 fully saturated rings. The van der Waals surface area contributed by atoms with Gasteiger partial charge in [-0.1, -0.05) is 6.92 Å². The van der Waals surface area contributed by atoms with E-state index >= 15 is 0 Å². The molecular formula is C14H18FN3O3. The van der Waals surface area contributed by atoms with Gasteiger partial charge in [0.2, 0.25) is 0 Å². The van der Waals surface area contributed by atoms with Crippen LogP contribution in [-0.4, -0.2) is 24.1 Å². The molecule has 0 aromatic heterocycles. The fraction of sp³-hybridized carbons (Fsp3) is 0.500. The number of nitro benzene ring substituents is 1. The van der Waals surface area contributed by atoms with Gasteiger partial charge in [-0.25, -0.2) is 4.39 Å². The summed E-state index contributed by atoms with van der Waals surface area (Å²) in [5.74, 6) is -0.686. The van der Waals surface area contributed by atoms with Crippen molar-refractivity contribution in [2.75, 3.05) is 13.7 Å². The van der Waals surface area contributed by atoms with Crippen LogP contribution in [0.1, 0.15) is 26.2 Å². The Morgan fingerprint density at radius 3 is 2.81 bits per heavy atom. The topological polar surface area (TPSA) is 88.2 Å². The fourth-order valence-corrected chi connectivity index (χ4v) is 1.98. The number of benzene rings is 1. The summed E-state index contributed by atoms with van der Waals surface area (Å²) < 4.78 is 18.4. The van der Waals surface area contributed by atoms with Gasteiger partial charge in [-0.15, -0.1) is 0 Å². The SMILES string of the molecule is CCC(C#N)(CCCOc1cc(F)ccc1[N+](=O)[O-])NC. The molecule has 1 aromatic carbocycles. The molecule has 0 saturated carbocycles. The summed E-state index contributed by atoms with van der Waals surface area (Å²) in [7, 11) is 1.71. The lowest BCUT2D eigenvalue weighted by Crippen LogP contribution is -2.41. The van der Waals surface area contributed by atoms with E-state index in [0.717, 1.165) is 18.2 Å². The third-order valence-corrected chi connectivity index (χ3v) is 3.42. The van der Waals surface area contributed by atoms with E-state index in [4.69, 9.17) is 10.00 Å². The van der Waals surface area contributed by atoms with Gasteiger partial charge in [0, 0.05) is 12.1 Å². The molecule has 1 rings (SSSR count). The second-order valence-corrected chi connectivity index (χ2v) is 4.62. The van der Waals surface area contributed by atoms with Gasteiger partial charge in [-0.05, 0) is 32.4 Å². The number of hydrogen-bond acceptors (Lipinski definition) is 5. The monoisotopic (exact) mass is 295 g/mol. The third kappa shape index (κ3) is 4.39. The number of rotatable bonds is 8. The summed E-state index contributed by atoms with van der Waals surface area (Å²) in [6, 6.07) is 5.30. The zero-order valence-corrected chi connectivity index (χ0v) is 12.1. The number of halogens is 1. The number of nitriles is 1. The quantitative estimate of drug-likeness (QED) is 0.452. The number of hydrogen-bond donors (Lipinski definition) is 1. The maximum absolute atomic E-state index is 13.1. The number of nitrogens with zero attached hydrogens (tertiary/aromatic N) is 2. The second kappa shape index (κ2) is 7.55. The summed E-state index contributed by atoms with van der Waals surface area (Å²) in [6.45, 7) is 2.08. The molecule has 21 heavy (non-hydrogen) atoms. The smallest absolute Gasteiger partial charge is 0.311 e. The predicted molar refractivity (Wildman–Crippen MR) is 75.5 cm³/mol. The van der Waals surface area contributed by atoms with Gasteiger partial charge >= 0.3 is 5.69 Å². The van der Waals surface area contributed by atoms with Gasteiger partial charge in [-0.3, -0.25) is 10.1 Å². The number of ether oxygens (including phenoxy) is 1. The molecule has 1 aromatic rings. The molecular weight excluding hydrogens is 277 g/mol. The molecule has 7 heteroatoms. The van der Waals surface area contributed by atoms with Crippen molar-refractivity contribution in [2.45, 2.75) is 31.7 Å². The Balaban J connectivity index is 2.63. The summed E-state index contributed by atoms with van der Waals surface area (Å²) in [5.41, 5.74) is -0.899. The van der Waals surface area contributed by atoms with E-state index in [2.05, 4.69) is 11.4 Å². The summed E-state index contributed by atoms with van der Waals surface area (Å²) >= 11 is 0. The van der Waals surface area contributed by atoms with Gasteiger partial charge < -0.3 is 10.1 Å². The molecule has 1 unspecified atom stereocenters. The standard InChI is InChI=1S/C14H18FN3O3/c1-3-14(10-16,17-2)7-4-8-21-13-9-11(15)5-6-12(13)18(19)20/h5-6,9,17H,3-4,7-8H2,1-2H3. The van der Waals surface area contributed by atoms with Gasteiger partial charge in [0.05, 0.1) is 17.6 Å². The maximum atomic E-state index is 13.1. The highest BCUT2D eigenvalue weighted by atomic mass is 19.1. The number of nitrogens with one attached hydrogen (secondary N) is 1. The lowest BCUT2D eigenvalue weighted by Gasteiger charge is -2.24. The van der Waals surface area contributed by atoms with Crippen LogP contribution in [0.15, 0.2) is 18.2 Å². The van der Waals surface area contributed by atoms with Crippen molar-refractivity contribution in [1.82, 2.24) is 5.32 Å². The van der Waals surface area contributed by atoms with Gasteiger partial charge in [0.1, 0.15) is 11.4 Å². The van der Waals surface area contributed by atoms with Crippen molar-refractivity contribution in [1.29, 1.82) is 5.26 Å². The molecule has 0 radical (unpaired) electrons. The first-order valence-electron chi connectivity index (χ1n) is 6.65. The maximum Gasteiger partial charge on any atom is 0.311 e. The molecule has 1 N–H and O–H groups in total. The van der Waals surface area contributed by atoms with Gasteiger partial charge in [-0.2, -0.15) is 5.26 Å². The van der Waals surface area contributed by atoms with Crippen LogP contribution in [0.5, 0.6) is 5.75 Å². The third-order valence-electron chi connectivity index (χ3n) is 3.42. The van der Waals surface area contributed by atoms with E-state index in [0.29, 0.717) is 19.3 Å². The van der Waals surface area contributed by atoms with Crippen LogP contribution in [0, 0.1) is 27.3 Å². The van der Waals surface area contributed by atoms with Crippen LogP contribution in [-0.2, 0) is 0 Å². The van der Waals surface area contributed by atoms with Crippen LogP contribution in [0.4, 0.5) is 10.1 Å². The molecule has 114 valence electrons. The van der Waals surface area contributed by atoms with E-state index in [1.165, 1.54) is 0 Å². The normalized spacial score (nSPS) is 13.2. The molecule has 0 aliphatic carbocycles. The largest absolute Gasteiger partial charge is 0.487 e. The highest BCUT2D eigenvalue weighted by Gasteiger charge is 2.25. The number of nitro groups is 1. The van der Waals surface area contributed by atoms with E-state index in [1.54, 1.807) is 7.05 Å². The van der Waals surface area contributed by atoms with Gasteiger partial charge in [0.25, 0.3) is 0 Å². The van der Waals surface area contributed by atoms with E-state index in [-0.39, 0.29) is 18.0 Å². The first-order chi connectivity index (χ1) is 9.98. The molecule has 0 spiro atoms. The Kier molecular flexibility index (Phi) is 6.06. The summed E-state index contributed by atoms with van der Waals surface area (Å²) in [4.78, 5) is 10.2. The van der Waals surface area contributed by atoms with E-state index < -0.39 is 16.3 Å². The van der Waals surface area contributed by atoms with Crippen molar-refractivity contribution in [3.05, 3.63) is 34.1 Å². The zero-order valence-electron chi connectivity index (χ0n) is 12.1. The van der Waals surface area contributed by atoms with E-state index in [9.17, 15) is 14.5 Å². The van der Waals surface area contributed by atoms with Crippen LogP contribution in [0.2, 0.25) is 0 Å². The molecule has 0 heterocycles. The van der Waals surface area contributed by atoms with Gasteiger partial charge in [0.15, 0.2) is 5.75 Å². The highest BCUT2D eigenvalue weighted by molar-refractivity contribution is 5.46. The van der Waals surface area contributed by atoms with Crippen molar-refractivity contribution in [2.24, 2.45) is 0 Å².